The Balaban J connectivity index is 2.04. The molecule has 0 radical (unpaired) electrons. The average molecular weight is 300 g/mol. The number of nitrogens with zero attached hydrogens (tertiary/aromatic N) is 3. The molecular formula is C16H20N4S. The summed E-state index contributed by atoms with van der Waals surface area (Å²) in [5, 5.41) is 16.9. The van der Waals surface area contributed by atoms with Crippen LogP contribution in [-0.4, -0.2) is 20.4 Å². The van der Waals surface area contributed by atoms with Gasteiger partial charge >= 0.3 is 0 Å². The highest BCUT2D eigenvalue weighted by molar-refractivity contribution is 8.00. The van der Waals surface area contributed by atoms with Crippen molar-refractivity contribution in [1.29, 1.82) is 5.26 Å². The van der Waals surface area contributed by atoms with Gasteiger partial charge in [0.05, 0.1) is 6.07 Å². The third-order valence-electron chi connectivity index (χ3n) is 3.11. The molecule has 0 fully saturated rings. The van der Waals surface area contributed by atoms with Gasteiger partial charge in [0.2, 0.25) is 5.16 Å². The van der Waals surface area contributed by atoms with Crippen molar-refractivity contribution in [2.24, 2.45) is 0 Å². The zero-order valence-electron chi connectivity index (χ0n) is 12.8. The van der Waals surface area contributed by atoms with Crippen molar-refractivity contribution in [3.05, 3.63) is 41.2 Å². The molecule has 0 aliphatic heterocycles. The molecular weight excluding hydrogens is 280 g/mol. The highest BCUT2D eigenvalue weighted by Crippen LogP contribution is 2.25. The van der Waals surface area contributed by atoms with Gasteiger partial charge < -0.3 is 0 Å². The van der Waals surface area contributed by atoms with Gasteiger partial charge in [-0.2, -0.15) is 5.26 Å². The molecule has 1 unspecified atom stereocenters. The summed E-state index contributed by atoms with van der Waals surface area (Å²) in [7, 11) is 0. The third kappa shape index (κ3) is 4.33. The summed E-state index contributed by atoms with van der Waals surface area (Å²) in [5.41, 5.74) is 2.32. The Labute approximate surface area is 130 Å². The van der Waals surface area contributed by atoms with E-state index in [1.165, 1.54) is 17.3 Å². The van der Waals surface area contributed by atoms with Crippen molar-refractivity contribution in [3.63, 3.8) is 0 Å². The minimum absolute atomic E-state index is 0.0646. The number of hydrogen-bond acceptors (Lipinski definition) is 4. The second kappa shape index (κ2) is 6.31. The molecule has 110 valence electrons. The monoisotopic (exact) mass is 300 g/mol. The molecule has 4 nitrogen and oxygen atoms in total. The second-order valence-electron chi connectivity index (χ2n) is 6.14. The number of nitriles is 1. The molecule has 2 rings (SSSR count). The van der Waals surface area contributed by atoms with Gasteiger partial charge in [-0.1, -0.05) is 62.4 Å². The van der Waals surface area contributed by atoms with Crippen molar-refractivity contribution in [2.45, 2.75) is 49.9 Å². The molecule has 2 aromatic rings. The topological polar surface area (TPSA) is 65.4 Å². The van der Waals surface area contributed by atoms with Gasteiger partial charge in [0.25, 0.3) is 0 Å². The lowest BCUT2D eigenvalue weighted by molar-refractivity contribution is 0.547. The van der Waals surface area contributed by atoms with Crippen LogP contribution in [-0.2, 0) is 11.8 Å². The standard InChI is InChI=1S/C16H20N4S/c1-11-5-7-12(8-6-11)9-13(10-17)21-15-18-14(19-20-15)16(2,3)4/h5-8,13H,9H2,1-4H3,(H,18,19,20). The SMILES string of the molecule is Cc1ccc(CC(C#N)Sc2n[nH]c(C(C)(C)C)n2)cc1. The van der Waals surface area contributed by atoms with Crippen molar-refractivity contribution in [1.82, 2.24) is 15.2 Å². The number of aromatic amines is 1. The molecule has 1 N–H and O–H groups in total. The Morgan fingerprint density at radius 1 is 1.29 bits per heavy atom. The normalized spacial score (nSPS) is 12.9. The van der Waals surface area contributed by atoms with Crippen LogP contribution in [0.15, 0.2) is 29.4 Å². The lowest BCUT2D eigenvalue weighted by atomic mass is 9.96. The average Bonchev–Trinajstić information content (AvgIpc) is 2.89. The highest BCUT2D eigenvalue weighted by Gasteiger charge is 2.20. The maximum absolute atomic E-state index is 9.33. The van der Waals surface area contributed by atoms with Gasteiger partial charge in [-0.15, -0.1) is 5.10 Å². The lowest BCUT2D eigenvalue weighted by Gasteiger charge is -2.13. The lowest BCUT2D eigenvalue weighted by Crippen LogP contribution is -2.13. The fourth-order valence-corrected chi connectivity index (χ4v) is 2.64. The van der Waals surface area contributed by atoms with E-state index in [1.54, 1.807) is 0 Å². The predicted octanol–water partition coefficient (Wildman–Crippen LogP) is 3.64. The van der Waals surface area contributed by atoms with Crippen LogP contribution >= 0.6 is 11.8 Å². The van der Waals surface area contributed by atoms with E-state index in [-0.39, 0.29) is 10.7 Å². The van der Waals surface area contributed by atoms with Crippen LogP contribution in [0.5, 0.6) is 0 Å². The van der Waals surface area contributed by atoms with Crippen LogP contribution < -0.4 is 0 Å². The first-order chi connectivity index (χ1) is 9.88. The number of aromatic nitrogens is 3. The van der Waals surface area contributed by atoms with Gasteiger partial charge in [0.1, 0.15) is 11.1 Å². The predicted molar refractivity (Wildman–Crippen MR) is 85.2 cm³/mol. The maximum Gasteiger partial charge on any atom is 0.209 e. The van der Waals surface area contributed by atoms with E-state index in [2.05, 4.69) is 73.2 Å². The van der Waals surface area contributed by atoms with Crippen molar-refractivity contribution in [3.8, 4) is 6.07 Å². The Hall–Kier alpha value is -1.80. The van der Waals surface area contributed by atoms with Gasteiger partial charge in [-0.25, -0.2) is 4.98 Å². The van der Waals surface area contributed by atoms with E-state index < -0.39 is 0 Å². The van der Waals surface area contributed by atoms with Gasteiger partial charge in [-0.3, -0.25) is 5.10 Å². The van der Waals surface area contributed by atoms with Gasteiger partial charge in [0, 0.05) is 5.41 Å². The van der Waals surface area contributed by atoms with Crippen LogP contribution in [0.1, 0.15) is 37.7 Å². The maximum atomic E-state index is 9.33. The molecule has 5 heteroatoms. The van der Waals surface area contributed by atoms with Gasteiger partial charge in [-0.05, 0) is 18.9 Å². The van der Waals surface area contributed by atoms with Crippen LogP contribution in [0.3, 0.4) is 0 Å². The van der Waals surface area contributed by atoms with Crippen molar-refractivity contribution in [2.75, 3.05) is 0 Å². The zero-order valence-corrected chi connectivity index (χ0v) is 13.7. The fraction of sp³-hybridized carbons (Fsp3) is 0.438. The number of thioether (sulfide) groups is 1. The van der Waals surface area contributed by atoms with E-state index in [0.717, 1.165) is 11.4 Å². The molecule has 0 aliphatic rings. The molecule has 21 heavy (non-hydrogen) atoms. The minimum Gasteiger partial charge on any atom is -0.262 e. The van der Waals surface area contributed by atoms with Crippen molar-refractivity contribution >= 4 is 11.8 Å². The number of benzene rings is 1. The molecule has 0 saturated heterocycles. The first kappa shape index (κ1) is 15.6. The zero-order chi connectivity index (χ0) is 15.5. The molecule has 1 atom stereocenters. The largest absolute Gasteiger partial charge is 0.262 e. The number of aryl methyl sites for hydroxylation is 1. The summed E-state index contributed by atoms with van der Waals surface area (Å²) in [6.45, 7) is 8.30. The molecule has 0 saturated carbocycles. The first-order valence-electron chi connectivity index (χ1n) is 6.93. The molecule has 1 heterocycles. The number of rotatable bonds is 4. The number of H-pyrrole nitrogens is 1. The van der Waals surface area contributed by atoms with Crippen molar-refractivity contribution < 1.29 is 0 Å². The van der Waals surface area contributed by atoms with Crippen LogP contribution in [0.4, 0.5) is 0 Å². The molecule has 0 bridgehead atoms. The summed E-state index contributed by atoms with van der Waals surface area (Å²) in [4.78, 5) is 4.47. The number of hydrogen-bond donors (Lipinski definition) is 1. The Morgan fingerprint density at radius 3 is 2.48 bits per heavy atom. The van der Waals surface area contributed by atoms with Gasteiger partial charge in [0.15, 0.2) is 0 Å². The summed E-state index contributed by atoms with van der Waals surface area (Å²) >= 11 is 1.41. The van der Waals surface area contributed by atoms with Crippen LogP contribution in [0, 0.1) is 18.3 Å². The number of nitrogens with one attached hydrogen (secondary N) is 1. The minimum atomic E-state index is -0.184. The quantitative estimate of drug-likeness (QED) is 0.876. The molecule has 0 aliphatic carbocycles. The Kier molecular flexibility index (Phi) is 4.69. The van der Waals surface area contributed by atoms with E-state index in [9.17, 15) is 5.26 Å². The molecule has 1 aromatic carbocycles. The third-order valence-corrected chi connectivity index (χ3v) is 4.06. The smallest absolute Gasteiger partial charge is 0.209 e. The summed E-state index contributed by atoms with van der Waals surface area (Å²) in [6, 6.07) is 10.6. The Bertz CT molecular complexity index is 632. The summed E-state index contributed by atoms with van der Waals surface area (Å²) in [5.74, 6) is 0.844. The summed E-state index contributed by atoms with van der Waals surface area (Å²) < 4.78 is 0. The van der Waals surface area contributed by atoms with E-state index >= 15 is 0 Å². The van der Waals surface area contributed by atoms with E-state index in [4.69, 9.17) is 0 Å². The first-order valence-corrected chi connectivity index (χ1v) is 7.81. The van der Waals surface area contributed by atoms with Crippen LogP contribution in [0.2, 0.25) is 0 Å². The van der Waals surface area contributed by atoms with E-state index in [0.29, 0.717) is 11.6 Å². The molecule has 0 spiro atoms. The Morgan fingerprint density at radius 2 is 1.95 bits per heavy atom. The summed E-state index contributed by atoms with van der Waals surface area (Å²) in [6.07, 6.45) is 0.695. The fourth-order valence-electron chi connectivity index (χ4n) is 1.81. The molecule has 0 amide bonds. The van der Waals surface area contributed by atoms with Crippen LogP contribution in [0.25, 0.3) is 0 Å². The molecule has 1 aromatic heterocycles. The second-order valence-corrected chi connectivity index (χ2v) is 7.31. The van der Waals surface area contributed by atoms with E-state index in [1.807, 2.05) is 0 Å². The highest BCUT2D eigenvalue weighted by atomic mass is 32.2.